The molecule has 1 aromatic rings. The first-order valence-electron chi connectivity index (χ1n) is 6.08. The van der Waals surface area contributed by atoms with Crippen LogP contribution in [0.5, 0.6) is 0 Å². The standard InChI is InChI=1S/C14H17FN2O3/c1-4-17(8-9(2)3)14(20)16-12-6-5-10(15)7-11(12)13(18)19/h5-7H,2,4,8H2,1,3H3,(H,16,20)(H,18,19). The predicted octanol–water partition coefficient (Wildman–Crippen LogP) is 2.95. The van der Waals surface area contributed by atoms with Crippen molar-refractivity contribution in [3.8, 4) is 0 Å². The van der Waals surface area contributed by atoms with Gasteiger partial charge in [-0.1, -0.05) is 12.2 Å². The van der Waals surface area contributed by atoms with Crippen molar-refractivity contribution in [2.75, 3.05) is 18.4 Å². The van der Waals surface area contributed by atoms with Crippen molar-refractivity contribution < 1.29 is 19.1 Å². The largest absolute Gasteiger partial charge is 0.478 e. The Morgan fingerprint density at radius 3 is 2.60 bits per heavy atom. The van der Waals surface area contributed by atoms with Gasteiger partial charge < -0.3 is 15.3 Å². The van der Waals surface area contributed by atoms with E-state index in [4.69, 9.17) is 5.11 Å². The van der Waals surface area contributed by atoms with Gasteiger partial charge in [0, 0.05) is 13.1 Å². The molecule has 0 aromatic heterocycles. The maximum Gasteiger partial charge on any atom is 0.337 e. The van der Waals surface area contributed by atoms with E-state index in [0.29, 0.717) is 13.1 Å². The molecule has 0 unspecified atom stereocenters. The number of hydrogen-bond donors (Lipinski definition) is 2. The number of carbonyl (C=O) groups is 2. The van der Waals surface area contributed by atoms with Crippen molar-refractivity contribution in [1.82, 2.24) is 4.90 Å². The average molecular weight is 280 g/mol. The lowest BCUT2D eigenvalue weighted by atomic mass is 10.1. The summed E-state index contributed by atoms with van der Waals surface area (Å²) in [7, 11) is 0. The van der Waals surface area contributed by atoms with Crippen LogP contribution in [0.1, 0.15) is 24.2 Å². The van der Waals surface area contributed by atoms with E-state index in [1.54, 1.807) is 13.8 Å². The number of nitrogens with one attached hydrogen (secondary N) is 1. The van der Waals surface area contributed by atoms with Gasteiger partial charge in [-0.2, -0.15) is 0 Å². The van der Waals surface area contributed by atoms with Gasteiger partial charge in [0.05, 0.1) is 11.3 Å². The van der Waals surface area contributed by atoms with Crippen LogP contribution in [0.3, 0.4) is 0 Å². The minimum Gasteiger partial charge on any atom is -0.478 e. The fourth-order valence-corrected chi connectivity index (χ4v) is 1.65. The van der Waals surface area contributed by atoms with E-state index in [0.717, 1.165) is 17.7 Å². The summed E-state index contributed by atoms with van der Waals surface area (Å²) in [4.78, 5) is 24.5. The second kappa shape index (κ2) is 6.70. The third kappa shape index (κ3) is 4.08. The molecular formula is C14H17FN2O3. The molecule has 0 aliphatic heterocycles. The SMILES string of the molecule is C=C(C)CN(CC)C(=O)Nc1ccc(F)cc1C(=O)O. The van der Waals surface area contributed by atoms with Crippen molar-refractivity contribution in [3.05, 3.63) is 41.7 Å². The molecule has 0 atom stereocenters. The molecular weight excluding hydrogens is 263 g/mol. The molecule has 0 saturated carbocycles. The Morgan fingerprint density at radius 1 is 1.45 bits per heavy atom. The maximum absolute atomic E-state index is 13.0. The van der Waals surface area contributed by atoms with Gasteiger partial charge >= 0.3 is 12.0 Å². The summed E-state index contributed by atoms with van der Waals surface area (Å²) in [5, 5.41) is 11.5. The minimum atomic E-state index is -1.30. The Balaban J connectivity index is 2.95. The second-order valence-corrected chi connectivity index (χ2v) is 4.40. The summed E-state index contributed by atoms with van der Waals surface area (Å²) in [6.45, 7) is 8.12. The number of carboxylic acid groups (broad SMARTS) is 1. The quantitative estimate of drug-likeness (QED) is 0.815. The van der Waals surface area contributed by atoms with Crippen LogP contribution in [0, 0.1) is 5.82 Å². The summed E-state index contributed by atoms with van der Waals surface area (Å²) < 4.78 is 13.0. The van der Waals surface area contributed by atoms with E-state index in [2.05, 4.69) is 11.9 Å². The number of benzene rings is 1. The van der Waals surface area contributed by atoms with E-state index in [9.17, 15) is 14.0 Å². The molecule has 0 saturated heterocycles. The van der Waals surface area contributed by atoms with Crippen LogP contribution in [0.15, 0.2) is 30.4 Å². The van der Waals surface area contributed by atoms with Crippen molar-refractivity contribution in [2.24, 2.45) is 0 Å². The van der Waals surface area contributed by atoms with Crippen LogP contribution in [-0.4, -0.2) is 35.1 Å². The number of carbonyl (C=O) groups excluding carboxylic acids is 1. The molecule has 5 nitrogen and oxygen atoms in total. The molecule has 0 fully saturated rings. The molecule has 2 amide bonds. The van der Waals surface area contributed by atoms with Crippen molar-refractivity contribution in [3.63, 3.8) is 0 Å². The van der Waals surface area contributed by atoms with Crippen molar-refractivity contribution in [2.45, 2.75) is 13.8 Å². The number of aromatic carboxylic acids is 1. The number of nitrogens with zero attached hydrogens (tertiary/aromatic N) is 1. The summed E-state index contributed by atoms with van der Waals surface area (Å²) in [5.74, 6) is -1.97. The fraction of sp³-hybridized carbons (Fsp3) is 0.286. The molecule has 20 heavy (non-hydrogen) atoms. The van der Waals surface area contributed by atoms with Gasteiger partial charge in [0.1, 0.15) is 5.82 Å². The Hall–Kier alpha value is -2.37. The first-order valence-corrected chi connectivity index (χ1v) is 6.08. The summed E-state index contributed by atoms with van der Waals surface area (Å²) in [6.07, 6.45) is 0. The summed E-state index contributed by atoms with van der Waals surface area (Å²) in [6, 6.07) is 2.74. The lowest BCUT2D eigenvalue weighted by Crippen LogP contribution is -2.36. The van der Waals surface area contributed by atoms with Crippen LogP contribution < -0.4 is 5.32 Å². The number of anilines is 1. The highest BCUT2D eigenvalue weighted by molar-refractivity contribution is 6.00. The number of amides is 2. The minimum absolute atomic E-state index is 0.0593. The van der Waals surface area contributed by atoms with Gasteiger partial charge in [-0.25, -0.2) is 14.0 Å². The highest BCUT2D eigenvalue weighted by atomic mass is 19.1. The van der Waals surface area contributed by atoms with Crippen molar-refractivity contribution in [1.29, 1.82) is 0 Å². The second-order valence-electron chi connectivity index (χ2n) is 4.40. The maximum atomic E-state index is 13.0. The lowest BCUT2D eigenvalue weighted by Gasteiger charge is -2.22. The highest BCUT2D eigenvalue weighted by Crippen LogP contribution is 2.17. The number of likely N-dealkylation sites (N-methyl/N-ethyl adjacent to an activating group) is 1. The Labute approximate surface area is 116 Å². The zero-order valence-electron chi connectivity index (χ0n) is 11.4. The van der Waals surface area contributed by atoms with Crippen molar-refractivity contribution >= 4 is 17.7 Å². The smallest absolute Gasteiger partial charge is 0.337 e. The van der Waals surface area contributed by atoms with Crippen LogP contribution >= 0.6 is 0 Å². The van der Waals surface area contributed by atoms with Crippen LogP contribution in [-0.2, 0) is 0 Å². The third-order valence-corrected chi connectivity index (χ3v) is 2.58. The number of hydrogen-bond acceptors (Lipinski definition) is 2. The third-order valence-electron chi connectivity index (χ3n) is 2.58. The number of urea groups is 1. The normalized spacial score (nSPS) is 9.95. The Kier molecular flexibility index (Phi) is 5.25. The molecule has 108 valence electrons. The number of rotatable bonds is 5. The van der Waals surface area contributed by atoms with Gasteiger partial charge in [0.2, 0.25) is 0 Å². The van der Waals surface area contributed by atoms with E-state index >= 15 is 0 Å². The molecule has 1 aromatic carbocycles. The molecule has 0 aliphatic rings. The monoisotopic (exact) mass is 280 g/mol. The first-order chi connectivity index (χ1) is 9.35. The lowest BCUT2D eigenvalue weighted by molar-refractivity contribution is 0.0697. The average Bonchev–Trinajstić information content (AvgIpc) is 2.37. The molecule has 0 radical (unpaired) electrons. The fourth-order valence-electron chi connectivity index (χ4n) is 1.65. The molecule has 6 heteroatoms. The number of halogens is 1. The van der Waals surface area contributed by atoms with Crippen LogP contribution in [0.2, 0.25) is 0 Å². The zero-order valence-corrected chi connectivity index (χ0v) is 11.4. The number of carboxylic acids is 1. The molecule has 1 rings (SSSR count). The summed E-state index contributed by atoms with van der Waals surface area (Å²) in [5.41, 5.74) is 0.577. The van der Waals surface area contributed by atoms with Gasteiger partial charge in [-0.05, 0) is 32.0 Å². The first kappa shape index (κ1) is 15.7. The topological polar surface area (TPSA) is 69.6 Å². The van der Waals surface area contributed by atoms with E-state index in [1.807, 2.05) is 0 Å². The summed E-state index contributed by atoms with van der Waals surface area (Å²) >= 11 is 0. The Morgan fingerprint density at radius 2 is 2.10 bits per heavy atom. The Bertz CT molecular complexity index is 543. The van der Waals surface area contributed by atoms with Gasteiger partial charge in [-0.15, -0.1) is 0 Å². The molecule has 2 N–H and O–H groups in total. The van der Waals surface area contributed by atoms with Crippen LogP contribution in [0.25, 0.3) is 0 Å². The highest BCUT2D eigenvalue weighted by Gasteiger charge is 2.16. The molecule has 0 spiro atoms. The molecule has 0 aliphatic carbocycles. The van der Waals surface area contributed by atoms with E-state index in [1.165, 1.54) is 11.0 Å². The van der Waals surface area contributed by atoms with Gasteiger partial charge in [0.15, 0.2) is 0 Å². The molecule has 0 bridgehead atoms. The van der Waals surface area contributed by atoms with Gasteiger partial charge in [-0.3, -0.25) is 0 Å². The zero-order chi connectivity index (χ0) is 15.3. The van der Waals surface area contributed by atoms with Gasteiger partial charge in [0.25, 0.3) is 0 Å². The molecule has 0 heterocycles. The van der Waals surface area contributed by atoms with Crippen LogP contribution in [0.4, 0.5) is 14.9 Å². The van der Waals surface area contributed by atoms with E-state index < -0.39 is 17.8 Å². The predicted molar refractivity (Wildman–Crippen MR) is 74.4 cm³/mol. The van der Waals surface area contributed by atoms with E-state index in [-0.39, 0.29) is 11.3 Å².